The monoisotopic (exact) mass is 695 g/mol. The summed E-state index contributed by atoms with van der Waals surface area (Å²) in [5, 5.41) is 1.14. The van der Waals surface area contributed by atoms with Gasteiger partial charge in [-0.05, 0) is 111 Å². The van der Waals surface area contributed by atoms with Crippen LogP contribution in [0.4, 0.5) is 17.1 Å². The van der Waals surface area contributed by atoms with E-state index in [9.17, 15) is 4.79 Å². The van der Waals surface area contributed by atoms with E-state index in [1.807, 2.05) is 72.8 Å². The topological polar surface area (TPSA) is 51.9 Å². The lowest BCUT2D eigenvalue weighted by atomic mass is 9.96. The molecule has 2 aliphatic heterocycles. The highest BCUT2D eigenvalue weighted by atomic mass is 16.5. The number of para-hydroxylation sites is 1. The molecule has 0 atom stereocenters. The van der Waals surface area contributed by atoms with Crippen LogP contribution in [0.3, 0.4) is 0 Å². The smallest absolute Gasteiger partial charge is 0.200 e. The highest BCUT2D eigenvalue weighted by Gasteiger charge is 2.35. The first kappa shape index (κ1) is 30.3. The number of anilines is 3. The normalized spacial score (nSPS) is 12.4. The Kier molecular flexibility index (Phi) is 6.64. The minimum atomic E-state index is -0.0310. The average Bonchev–Trinajstić information content (AvgIpc) is 3.23. The van der Waals surface area contributed by atoms with Crippen molar-refractivity contribution in [3.8, 4) is 67.5 Å². The summed E-state index contributed by atoms with van der Waals surface area (Å²) in [6.45, 7) is 0. The molecule has 0 spiro atoms. The SMILES string of the molecule is O=c1c2ccccc2oc2ccc(-c3cccc(-c4ccc5c(c4)Oc4cc(-c6ccccc6)cc6c4N5c4ccc(-c5ccccc5)cc4O6)c3)cc12. The van der Waals surface area contributed by atoms with E-state index in [0.717, 1.165) is 84.6 Å². The van der Waals surface area contributed by atoms with Gasteiger partial charge in [0.05, 0.1) is 22.1 Å². The van der Waals surface area contributed by atoms with Gasteiger partial charge in [-0.25, -0.2) is 0 Å². The molecule has 11 rings (SSSR count). The number of rotatable bonds is 4. The maximum absolute atomic E-state index is 13.4. The summed E-state index contributed by atoms with van der Waals surface area (Å²) < 4.78 is 19.6. The van der Waals surface area contributed by atoms with Gasteiger partial charge in [0, 0.05) is 0 Å². The zero-order chi connectivity index (χ0) is 35.8. The first-order valence-corrected chi connectivity index (χ1v) is 17.9. The summed E-state index contributed by atoms with van der Waals surface area (Å²) in [6.07, 6.45) is 0. The van der Waals surface area contributed by atoms with E-state index in [4.69, 9.17) is 13.9 Å². The van der Waals surface area contributed by atoms with Gasteiger partial charge >= 0.3 is 0 Å². The van der Waals surface area contributed by atoms with E-state index in [2.05, 4.69) is 108 Å². The van der Waals surface area contributed by atoms with Crippen molar-refractivity contribution in [2.45, 2.75) is 0 Å². The molecule has 0 fully saturated rings. The van der Waals surface area contributed by atoms with Crippen LogP contribution in [0.25, 0.3) is 66.4 Å². The second kappa shape index (κ2) is 11.8. The van der Waals surface area contributed by atoms with Gasteiger partial charge < -0.3 is 13.9 Å². The van der Waals surface area contributed by atoms with E-state index in [-0.39, 0.29) is 5.43 Å². The Morgan fingerprint density at radius 3 is 1.50 bits per heavy atom. The summed E-state index contributed by atoms with van der Waals surface area (Å²) in [5.41, 5.74) is 12.2. The lowest BCUT2D eigenvalue weighted by molar-refractivity contribution is 0.446. The number of ether oxygens (including phenoxy) is 2. The third-order valence-electron chi connectivity index (χ3n) is 10.4. The second-order valence-corrected chi connectivity index (χ2v) is 13.7. The first-order chi connectivity index (χ1) is 26.6. The van der Waals surface area contributed by atoms with Crippen molar-refractivity contribution in [3.05, 3.63) is 186 Å². The van der Waals surface area contributed by atoms with Crippen LogP contribution in [0.5, 0.6) is 23.0 Å². The van der Waals surface area contributed by atoms with Gasteiger partial charge in [-0.1, -0.05) is 109 Å². The van der Waals surface area contributed by atoms with E-state index in [1.165, 1.54) is 0 Å². The maximum atomic E-state index is 13.4. The molecule has 8 aromatic carbocycles. The molecule has 1 aromatic heterocycles. The molecule has 0 radical (unpaired) electrons. The van der Waals surface area contributed by atoms with Crippen molar-refractivity contribution in [1.82, 2.24) is 0 Å². The number of benzene rings is 8. The molecule has 0 saturated heterocycles. The van der Waals surface area contributed by atoms with Gasteiger partial charge in [0.25, 0.3) is 0 Å². The minimum absolute atomic E-state index is 0.0310. The summed E-state index contributed by atoms with van der Waals surface area (Å²) >= 11 is 0. The van der Waals surface area contributed by atoms with Crippen molar-refractivity contribution in [2.24, 2.45) is 0 Å². The van der Waals surface area contributed by atoms with Gasteiger partial charge in [-0.2, -0.15) is 0 Å². The first-order valence-electron chi connectivity index (χ1n) is 17.9. The molecule has 9 aromatic rings. The maximum Gasteiger partial charge on any atom is 0.200 e. The third-order valence-corrected chi connectivity index (χ3v) is 10.4. The highest BCUT2D eigenvalue weighted by Crippen LogP contribution is 2.61. The molecule has 5 nitrogen and oxygen atoms in total. The molecular weight excluding hydrogens is 667 g/mol. The summed E-state index contributed by atoms with van der Waals surface area (Å²) in [4.78, 5) is 15.7. The third kappa shape index (κ3) is 4.83. The Bertz CT molecular complexity index is 3020. The van der Waals surface area contributed by atoms with Gasteiger partial charge in [0.1, 0.15) is 16.9 Å². The fourth-order valence-electron chi connectivity index (χ4n) is 7.78. The molecule has 5 heteroatoms. The zero-order valence-electron chi connectivity index (χ0n) is 28.8. The van der Waals surface area contributed by atoms with E-state index >= 15 is 0 Å². The molecule has 3 heterocycles. The van der Waals surface area contributed by atoms with Crippen LogP contribution in [0.2, 0.25) is 0 Å². The molecule has 54 heavy (non-hydrogen) atoms. The standard InChI is InChI=1S/C49H29NO4/c51-49-38-16-7-8-17-42(38)52-43-23-20-34(25-39(43)49)32-14-9-15-33(24-32)36-19-22-41-45(27-36)54-47-29-37(31-12-5-2-6-13-31)28-46-48(47)50(41)40-21-18-35(26-44(40)53-46)30-10-3-1-4-11-30/h1-29H. The molecule has 254 valence electrons. The van der Waals surface area contributed by atoms with Gasteiger partial charge in [-0.3, -0.25) is 9.69 Å². The number of hydrogen-bond acceptors (Lipinski definition) is 5. The molecule has 0 saturated carbocycles. The Hall–Kier alpha value is -7.37. The molecule has 0 amide bonds. The fourth-order valence-corrected chi connectivity index (χ4v) is 7.78. The summed E-state index contributed by atoms with van der Waals surface area (Å²) in [5.74, 6) is 2.99. The Balaban J connectivity index is 1.02. The Morgan fingerprint density at radius 2 is 0.833 bits per heavy atom. The van der Waals surface area contributed by atoms with E-state index < -0.39 is 0 Å². The molecule has 2 aliphatic rings. The van der Waals surface area contributed by atoms with Crippen molar-refractivity contribution >= 4 is 39.0 Å². The summed E-state index contributed by atoms with van der Waals surface area (Å²) in [7, 11) is 0. The fraction of sp³-hybridized carbons (Fsp3) is 0. The van der Waals surface area contributed by atoms with Crippen LogP contribution in [0, 0.1) is 0 Å². The average molecular weight is 696 g/mol. The lowest BCUT2D eigenvalue weighted by Gasteiger charge is -2.38. The molecule has 0 N–H and O–H groups in total. The van der Waals surface area contributed by atoms with Crippen LogP contribution < -0.4 is 19.8 Å². The minimum Gasteiger partial charge on any atom is -0.456 e. The van der Waals surface area contributed by atoms with Crippen LogP contribution >= 0.6 is 0 Å². The van der Waals surface area contributed by atoms with Crippen LogP contribution in [0.1, 0.15) is 0 Å². The Labute approximate surface area is 310 Å². The number of nitrogens with zero attached hydrogens (tertiary/aromatic N) is 1. The quantitative estimate of drug-likeness (QED) is 0.172. The molecular formula is C49H29NO4. The molecule has 0 unspecified atom stereocenters. The predicted molar refractivity (Wildman–Crippen MR) is 217 cm³/mol. The molecule has 0 aliphatic carbocycles. The predicted octanol–water partition coefficient (Wildman–Crippen LogP) is 13.3. The zero-order valence-corrected chi connectivity index (χ0v) is 28.8. The van der Waals surface area contributed by atoms with Crippen LogP contribution in [-0.4, -0.2) is 0 Å². The van der Waals surface area contributed by atoms with Gasteiger partial charge in [0.15, 0.2) is 23.0 Å². The molecule has 0 bridgehead atoms. The lowest BCUT2D eigenvalue weighted by Crippen LogP contribution is -2.20. The number of fused-ring (bicyclic) bond motifs is 6. The van der Waals surface area contributed by atoms with E-state index in [0.29, 0.717) is 21.9 Å². The van der Waals surface area contributed by atoms with Crippen molar-refractivity contribution in [2.75, 3.05) is 4.90 Å². The number of hydrogen-bond donors (Lipinski definition) is 0. The van der Waals surface area contributed by atoms with Gasteiger partial charge in [0.2, 0.25) is 5.43 Å². The van der Waals surface area contributed by atoms with Crippen LogP contribution in [0.15, 0.2) is 185 Å². The summed E-state index contributed by atoms with van der Waals surface area (Å²) in [6, 6.07) is 59.2. The second-order valence-electron chi connectivity index (χ2n) is 13.7. The van der Waals surface area contributed by atoms with Crippen molar-refractivity contribution in [3.63, 3.8) is 0 Å². The van der Waals surface area contributed by atoms with Crippen molar-refractivity contribution in [1.29, 1.82) is 0 Å². The van der Waals surface area contributed by atoms with Gasteiger partial charge in [-0.15, -0.1) is 0 Å². The highest BCUT2D eigenvalue weighted by molar-refractivity contribution is 5.97. The largest absolute Gasteiger partial charge is 0.456 e. The Morgan fingerprint density at radius 1 is 0.352 bits per heavy atom. The van der Waals surface area contributed by atoms with Crippen LogP contribution in [-0.2, 0) is 0 Å². The van der Waals surface area contributed by atoms with Crippen molar-refractivity contribution < 1.29 is 13.9 Å². The van der Waals surface area contributed by atoms with E-state index in [1.54, 1.807) is 0 Å².